The van der Waals surface area contributed by atoms with E-state index >= 15 is 0 Å². The largest absolute Gasteiger partial charge is 0.443 e. The van der Waals surface area contributed by atoms with Gasteiger partial charge in [-0.2, -0.15) is 0 Å². The highest BCUT2D eigenvalue weighted by Gasteiger charge is 2.30. The van der Waals surface area contributed by atoms with Crippen molar-refractivity contribution in [3.05, 3.63) is 66.0 Å². The van der Waals surface area contributed by atoms with Gasteiger partial charge in [-0.1, -0.05) is 62.4 Å². The molecule has 1 aromatic rings. The molecule has 2 aliphatic heterocycles. The lowest BCUT2D eigenvalue weighted by Gasteiger charge is -2.14. The third kappa shape index (κ3) is 14.1. The number of carbonyl (C=O) groups excluding carboxylic acids is 1. The molecule has 4 N–H and O–H groups in total. The number of cyclic esters (lactones) is 1. The van der Waals surface area contributed by atoms with E-state index in [0.717, 1.165) is 11.1 Å². The molecule has 0 radical (unpaired) electrons. The Labute approximate surface area is 224 Å². The molecule has 2 heterocycles. The Morgan fingerprint density at radius 3 is 2.41 bits per heavy atom. The highest BCUT2D eigenvalue weighted by atomic mass is 19.1. The molecule has 2 aliphatic rings. The number of benzene rings is 1. The van der Waals surface area contributed by atoms with Gasteiger partial charge in [0.05, 0.1) is 6.54 Å². The number of aryl methyl sites for hydroxylation is 1. The third-order valence-corrected chi connectivity index (χ3v) is 5.58. The summed E-state index contributed by atoms with van der Waals surface area (Å²) in [6.07, 6.45) is 7.50. The van der Waals surface area contributed by atoms with E-state index in [4.69, 9.17) is 9.47 Å². The maximum absolute atomic E-state index is 14.2. The third-order valence-electron chi connectivity index (χ3n) is 5.58. The standard InChI is InChI=1S/C22H29FN2O3.C4H9N.C2H6.CH5N/c1-5-21(23)20(18-11-9-16(2)10-12-18)8-6-7-13-25-15-19(28-22(25)26)14-24-17(3)27-4;1-2-4-5-3-1;2*1-2/h5-7,9-12,17,19,24H,1,8,13-15H2,2-4H3;5H,1-4H2;1-2H3;2H2,1H3/b7-6-,21-20-;;;. The van der Waals surface area contributed by atoms with Crippen LogP contribution in [0.4, 0.5) is 9.18 Å². The van der Waals surface area contributed by atoms with Crippen LogP contribution >= 0.6 is 0 Å². The summed E-state index contributed by atoms with van der Waals surface area (Å²) in [5.41, 5.74) is 7.02. The number of carbonyl (C=O) groups is 1. The molecule has 2 fully saturated rings. The van der Waals surface area contributed by atoms with Crippen LogP contribution in [0.25, 0.3) is 5.57 Å². The summed E-state index contributed by atoms with van der Waals surface area (Å²) in [4.78, 5) is 13.6. The summed E-state index contributed by atoms with van der Waals surface area (Å²) < 4.78 is 24.7. The van der Waals surface area contributed by atoms with Gasteiger partial charge in [0.25, 0.3) is 0 Å². The number of hydrogen-bond donors (Lipinski definition) is 3. The van der Waals surface area contributed by atoms with Crippen molar-refractivity contribution in [3.8, 4) is 0 Å². The van der Waals surface area contributed by atoms with Crippen LogP contribution in [0.3, 0.4) is 0 Å². The lowest BCUT2D eigenvalue weighted by Crippen LogP contribution is -2.36. The van der Waals surface area contributed by atoms with Crippen molar-refractivity contribution in [2.75, 3.05) is 46.9 Å². The number of rotatable bonds is 10. The van der Waals surface area contributed by atoms with Crippen LogP contribution in [-0.4, -0.2) is 70.2 Å². The number of allylic oxidation sites excluding steroid dienone is 4. The topological polar surface area (TPSA) is 88.9 Å². The number of methoxy groups -OCH3 is 1. The minimum Gasteiger partial charge on any atom is -0.443 e. The van der Waals surface area contributed by atoms with Crippen molar-refractivity contribution in [3.63, 3.8) is 0 Å². The molecule has 3 rings (SSSR count). The van der Waals surface area contributed by atoms with Gasteiger partial charge >= 0.3 is 6.09 Å². The number of nitrogens with zero attached hydrogens (tertiary/aromatic N) is 1. The van der Waals surface area contributed by atoms with E-state index in [1.807, 2.05) is 64.1 Å². The van der Waals surface area contributed by atoms with Crippen molar-refractivity contribution in [1.82, 2.24) is 15.5 Å². The predicted molar refractivity (Wildman–Crippen MR) is 153 cm³/mol. The number of nitrogens with one attached hydrogen (secondary N) is 2. The Bertz CT molecular complexity index is 800. The van der Waals surface area contributed by atoms with Gasteiger partial charge in [-0.3, -0.25) is 5.32 Å². The van der Waals surface area contributed by atoms with E-state index in [1.54, 1.807) is 12.0 Å². The van der Waals surface area contributed by atoms with Crippen molar-refractivity contribution >= 4 is 11.7 Å². The maximum Gasteiger partial charge on any atom is 0.410 e. The number of nitrogens with two attached hydrogens (primary N) is 1. The molecule has 0 bridgehead atoms. The van der Waals surface area contributed by atoms with Gasteiger partial charge in [0.2, 0.25) is 0 Å². The number of hydrogen-bond acceptors (Lipinski definition) is 6. The van der Waals surface area contributed by atoms with Crippen LogP contribution in [0, 0.1) is 6.92 Å². The smallest absolute Gasteiger partial charge is 0.410 e. The average molecular weight is 521 g/mol. The average Bonchev–Trinajstić information content (AvgIpc) is 3.64. The van der Waals surface area contributed by atoms with Gasteiger partial charge in [-0.05, 0) is 70.5 Å². The van der Waals surface area contributed by atoms with Gasteiger partial charge in [-0.25, -0.2) is 9.18 Å². The molecular weight excluding hydrogens is 471 g/mol. The Balaban J connectivity index is 0.00000124. The van der Waals surface area contributed by atoms with Crippen molar-refractivity contribution < 1.29 is 18.7 Å². The molecule has 2 unspecified atom stereocenters. The Hall–Kier alpha value is -2.52. The highest BCUT2D eigenvalue weighted by molar-refractivity contribution is 5.71. The first-order valence-electron chi connectivity index (χ1n) is 13.2. The van der Waals surface area contributed by atoms with Crippen molar-refractivity contribution in [2.45, 2.75) is 59.3 Å². The van der Waals surface area contributed by atoms with Crippen LogP contribution in [0.1, 0.15) is 51.2 Å². The normalized spacial score (nSPS) is 17.9. The maximum atomic E-state index is 14.2. The molecule has 0 saturated carbocycles. The van der Waals surface area contributed by atoms with Crippen LogP contribution in [0.15, 0.2) is 54.9 Å². The fourth-order valence-corrected chi connectivity index (χ4v) is 3.47. The Morgan fingerprint density at radius 1 is 1.27 bits per heavy atom. The van der Waals surface area contributed by atoms with Crippen molar-refractivity contribution in [2.24, 2.45) is 5.73 Å². The van der Waals surface area contributed by atoms with Gasteiger partial charge < -0.3 is 25.4 Å². The second-order valence-corrected chi connectivity index (χ2v) is 8.23. The zero-order valence-electron chi connectivity index (χ0n) is 23.7. The summed E-state index contributed by atoms with van der Waals surface area (Å²) in [5.74, 6) is -0.340. The van der Waals surface area contributed by atoms with E-state index in [-0.39, 0.29) is 24.3 Å². The van der Waals surface area contributed by atoms with Gasteiger partial charge in [0.1, 0.15) is 18.2 Å². The first kappa shape index (κ1) is 34.5. The summed E-state index contributed by atoms with van der Waals surface area (Å²) in [5, 5.41) is 6.36. The molecule has 1 amide bonds. The molecule has 0 spiro atoms. The van der Waals surface area contributed by atoms with Crippen molar-refractivity contribution in [1.29, 1.82) is 0 Å². The molecular formula is C29H49FN4O3. The lowest BCUT2D eigenvalue weighted by atomic mass is 10.00. The van der Waals surface area contributed by atoms with Crippen LogP contribution < -0.4 is 16.4 Å². The highest BCUT2D eigenvalue weighted by Crippen LogP contribution is 2.25. The minimum atomic E-state index is -0.340. The molecule has 37 heavy (non-hydrogen) atoms. The van der Waals surface area contributed by atoms with Crippen LogP contribution in [0.2, 0.25) is 0 Å². The second kappa shape index (κ2) is 21.6. The molecule has 0 aromatic heterocycles. The van der Waals surface area contributed by atoms with E-state index in [1.165, 1.54) is 39.1 Å². The molecule has 8 heteroatoms. The first-order valence-corrected chi connectivity index (χ1v) is 13.2. The SMILES string of the molecule is C1CCNC1.C=C/C(F)=C(\C/C=C\CN1CC(CNC(C)OC)OC1=O)c1ccc(C)cc1.CC.CN. The summed E-state index contributed by atoms with van der Waals surface area (Å²) >= 11 is 0. The van der Waals surface area contributed by atoms with E-state index in [2.05, 4.69) is 22.9 Å². The van der Waals surface area contributed by atoms with Gasteiger partial charge in [0.15, 0.2) is 0 Å². The van der Waals surface area contributed by atoms with E-state index in [9.17, 15) is 9.18 Å². The van der Waals surface area contributed by atoms with Crippen LogP contribution in [0.5, 0.6) is 0 Å². The predicted octanol–water partition coefficient (Wildman–Crippen LogP) is 5.18. The zero-order valence-corrected chi connectivity index (χ0v) is 23.7. The number of ether oxygens (including phenoxy) is 2. The summed E-state index contributed by atoms with van der Waals surface area (Å²) in [7, 11) is 3.12. The number of amides is 1. The monoisotopic (exact) mass is 520 g/mol. The fourth-order valence-electron chi connectivity index (χ4n) is 3.47. The lowest BCUT2D eigenvalue weighted by molar-refractivity contribution is 0.0724. The second-order valence-electron chi connectivity index (χ2n) is 8.23. The number of halogens is 1. The first-order chi connectivity index (χ1) is 17.9. The molecule has 210 valence electrons. The molecule has 7 nitrogen and oxygen atoms in total. The van der Waals surface area contributed by atoms with E-state index < -0.39 is 0 Å². The van der Waals surface area contributed by atoms with Crippen LogP contribution in [-0.2, 0) is 9.47 Å². The Kier molecular flexibility index (Phi) is 20.1. The van der Waals surface area contributed by atoms with E-state index in [0.29, 0.717) is 31.6 Å². The molecule has 2 saturated heterocycles. The fraction of sp³-hybridized carbons (Fsp3) is 0.552. The summed E-state index contributed by atoms with van der Waals surface area (Å²) in [6.45, 7) is 15.4. The zero-order chi connectivity index (χ0) is 28.1. The molecule has 0 aliphatic carbocycles. The summed E-state index contributed by atoms with van der Waals surface area (Å²) in [6, 6.07) is 7.71. The molecule has 2 atom stereocenters. The Morgan fingerprint density at radius 2 is 1.89 bits per heavy atom. The quantitative estimate of drug-likeness (QED) is 0.224. The van der Waals surface area contributed by atoms with Gasteiger partial charge in [0, 0.05) is 20.2 Å². The minimum absolute atomic E-state index is 0.0978. The molecule has 1 aromatic carbocycles. The van der Waals surface area contributed by atoms with Gasteiger partial charge in [-0.15, -0.1) is 0 Å².